The van der Waals surface area contributed by atoms with Crippen molar-refractivity contribution in [1.82, 2.24) is 0 Å². The van der Waals surface area contributed by atoms with E-state index in [-0.39, 0.29) is 18.8 Å². The fourth-order valence-electron chi connectivity index (χ4n) is 1.70. The molecular formula is C13H16F3NO4. The third-order valence-corrected chi connectivity index (χ3v) is 2.53. The molecule has 0 aliphatic heterocycles. The van der Waals surface area contributed by atoms with E-state index < -0.39 is 24.1 Å². The number of benzene rings is 1. The Balaban J connectivity index is 2.90. The molecule has 0 spiro atoms. The molecule has 0 saturated heterocycles. The topological polar surface area (TPSA) is 70.8 Å². The Morgan fingerprint density at radius 1 is 1.38 bits per heavy atom. The maximum Gasteiger partial charge on any atom is 0.573 e. The molecule has 8 heteroatoms. The van der Waals surface area contributed by atoms with Gasteiger partial charge in [-0.05, 0) is 13.0 Å². The lowest BCUT2D eigenvalue weighted by molar-refractivity contribution is -0.274. The molecule has 1 atom stereocenters. The number of carbonyl (C=O) groups is 1. The Bertz CT molecular complexity index is 491. The van der Waals surface area contributed by atoms with Gasteiger partial charge in [0.25, 0.3) is 0 Å². The summed E-state index contributed by atoms with van der Waals surface area (Å²) in [6.45, 7) is 1.88. The highest BCUT2D eigenvalue weighted by Crippen LogP contribution is 2.32. The number of halogens is 3. The van der Waals surface area contributed by atoms with Crippen molar-refractivity contribution in [2.45, 2.75) is 25.7 Å². The average Bonchev–Trinajstić information content (AvgIpc) is 2.36. The molecule has 0 aromatic heterocycles. The summed E-state index contributed by atoms with van der Waals surface area (Å²) < 4.78 is 50.0. The number of alkyl halides is 3. The van der Waals surface area contributed by atoms with Gasteiger partial charge in [0.1, 0.15) is 11.5 Å². The van der Waals surface area contributed by atoms with Crippen molar-refractivity contribution < 1.29 is 32.2 Å². The van der Waals surface area contributed by atoms with Crippen LogP contribution < -0.4 is 15.2 Å². The van der Waals surface area contributed by atoms with Crippen LogP contribution in [0.1, 0.15) is 24.9 Å². The highest BCUT2D eigenvalue weighted by atomic mass is 19.4. The minimum absolute atomic E-state index is 0.105. The van der Waals surface area contributed by atoms with E-state index >= 15 is 0 Å². The van der Waals surface area contributed by atoms with Gasteiger partial charge in [-0.15, -0.1) is 13.2 Å². The number of hydrogen-bond donors (Lipinski definition) is 1. The van der Waals surface area contributed by atoms with E-state index in [0.29, 0.717) is 5.56 Å². The molecule has 0 bridgehead atoms. The van der Waals surface area contributed by atoms with Crippen molar-refractivity contribution >= 4 is 5.97 Å². The number of hydrogen-bond acceptors (Lipinski definition) is 5. The second kappa shape index (κ2) is 7.16. The van der Waals surface area contributed by atoms with Gasteiger partial charge in [0.05, 0.1) is 20.1 Å². The van der Waals surface area contributed by atoms with Crippen LogP contribution in [0.4, 0.5) is 13.2 Å². The van der Waals surface area contributed by atoms with Crippen LogP contribution in [-0.2, 0) is 9.53 Å². The van der Waals surface area contributed by atoms with Crippen molar-refractivity contribution in [1.29, 1.82) is 0 Å². The number of esters is 1. The van der Waals surface area contributed by atoms with Gasteiger partial charge in [0.2, 0.25) is 0 Å². The first kappa shape index (κ1) is 17.1. The first-order valence-corrected chi connectivity index (χ1v) is 6.11. The SMILES string of the molecule is CCOC(=O)C[C@@H](N)c1ccc(OC(F)(F)F)cc1OC. The van der Waals surface area contributed by atoms with Crippen LogP contribution >= 0.6 is 0 Å². The second-order valence-corrected chi connectivity index (χ2v) is 4.07. The molecule has 0 aliphatic carbocycles. The third-order valence-electron chi connectivity index (χ3n) is 2.53. The van der Waals surface area contributed by atoms with Crippen LogP contribution in [0.2, 0.25) is 0 Å². The van der Waals surface area contributed by atoms with Gasteiger partial charge in [-0.1, -0.05) is 6.07 Å². The molecular weight excluding hydrogens is 291 g/mol. The number of carbonyl (C=O) groups excluding carboxylic acids is 1. The zero-order valence-corrected chi connectivity index (χ0v) is 11.6. The Morgan fingerprint density at radius 2 is 2.05 bits per heavy atom. The standard InChI is InChI=1S/C13H16F3NO4/c1-3-20-12(18)7-10(17)9-5-4-8(6-11(9)19-2)21-13(14,15)16/h4-6,10H,3,7,17H2,1-2H3/t10-/m1/s1. The van der Waals surface area contributed by atoms with Crippen LogP contribution in [0.25, 0.3) is 0 Å². The summed E-state index contributed by atoms with van der Waals surface area (Å²) in [5, 5.41) is 0. The smallest absolute Gasteiger partial charge is 0.496 e. The van der Waals surface area contributed by atoms with Crippen molar-refractivity contribution in [2.75, 3.05) is 13.7 Å². The second-order valence-electron chi connectivity index (χ2n) is 4.07. The molecule has 0 heterocycles. The van der Waals surface area contributed by atoms with E-state index in [1.165, 1.54) is 13.2 Å². The molecule has 5 nitrogen and oxygen atoms in total. The maximum absolute atomic E-state index is 12.1. The third kappa shape index (κ3) is 5.50. The largest absolute Gasteiger partial charge is 0.573 e. The summed E-state index contributed by atoms with van der Waals surface area (Å²) in [5.41, 5.74) is 6.22. The fourth-order valence-corrected chi connectivity index (χ4v) is 1.70. The molecule has 1 rings (SSSR count). The molecule has 0 saturated carbocycles. The van der Waals surface area contributed by atoms with Crippen molar-refractivity contribution in [2.24, 2.45) is 5.73 Å². The van der Waals surface area contributed by atoms with Crippen LogP contribution in [0.3, 0.4) is 0 Å². The molecule has 2 N–H and O–H groups in total. The maximum atomic E-state index is 12.1. The van der Waals surface area contributed by atoms with Gasteiger partial charge in [0.15, 0.2) is 0 Å². The number of ether oxygens (including phenoxy) is 3. The van der Waals surface area contributed by atoms with Crippen LogP contribution in [0.5, 0.6) is 11.5 Å². The highest BCUT2D eigenvalue weighted by Gasteiger charge is 2.31. The number of nitrogens with two attached hydrogens (primary N) is 1. The van der Waals surface area contributed by atoms with E-state index in [1.54, 1.807) is 6.92 Å². The van der Waals surface area contributed by atoms with E-state index in [1.807, 2.05) is 0 Å². The van der Waals surface area contributed by atoms with E-state index in [4.69, 9.17) is 15.2 Å². The first-order valence-electron chi connectivity index (χ1n) is 6.11. The summed E-state index contributed by atoms with van der Waals surface area (Å²) in [6, 6.07) is 2.74. The van der Waals surface area contributed by atoms with Crippen molar-refractivity contribution in [3.63, 3.8) is 0 Å². The summed E-state index contributed by atoms with van der Waals surface area (Å²) in [4.78, 5) is 11.4. The Morgan fingerprint density at radius 3 is 2.57 bits per heavy atom. The van der Waals surface area contributed by atoms with Gasteiger partial charge in [0, 0.05) is 17.7 Å². The normalized spacial score (nSPS) is 12.7. The highest BCUT2D eigenvalue weighted by molar-refractivity contribution is 5.70. The molecule has 0 radical (unpaired) electrons. The van der Waals surface area contributed by atoms with Crippen LogP contribution in [-0.4, -0.2) is 26.0 Å². The molecule has 118 valence electrons. The molecule has 1 aromatic rings. The van der Waals surface area contributed by atoms with E-state index in [0.717, 1.165) is 12.1 Å². The van der Waals surface area contributed by atoms with Gasteiger partial charge in [-0.25, -0.2) is 0 Å². The zero-order valence-electron chi connectivity index (χ0n) is 11.6. The Kier molecular flexibility index (Phi) is 5.83. The van der Waals surface area contributed by atoms with Gasteiger partial charge in [-0.3, -0.25) is 4.79 Å². The van der Waals surface area contributed by atoms with Gasteiger partial charge >= 0.3 is 12.3 Å². The minimum Gasteiger partial charge on any atom is -0.496 e. The first-order chi connectivity index (χ1) is 9.76. The monoisotopic (exact) mass is 307 g/mol. The van der Waals surface area contributed by atoms with Gasteiger partial charge < -0.3 is 19.9 Å². The Labute approximate surface area is 119 Å². The summed E-state index contributed by atoms with van der Waals surface area (Å²) in [5.74, 6) is -0.817. The number of rotatable bonds is 6. The predicted octanol–water partition coefficient (Wildman–Crippen LogP) is 2.55. The molecule has 21 heavy (non-hydrogen) atoms. The fraction of sp³-hybridized carbons (Fsp3) is 0.462. The molecule has 0 fully saturated rings. The van der Waals surface area contributed by atoms with Crippen molar-refractivity contribution in [3.05, 3.63) is 23.8 Å². The lowest BCUT2D eigenvalue weighted by atomic mass is 10.0. The van der Waals surface area contributed by atoms with Crippen LogP contribution in [0.15, 0.2) is 18.2 Å². The quantitative estimate of drug-likeness (QED) is 0.818. The van der Waals surface area contributed by atoms with E-state index in [2.05, 4.69) is 4.74 Å². The Hall–Kier alpha value is -1.96. The zero-order chi connectivity index (χ0) is 16.0. The van der Waals surface area contributed by atoms with Crippen molar-refractivity contribution in [3.8, 4) is 11.5 Å². The van der Waals surface area contributed by atoms with E-state index in [9.17, 15) is 18.0 Å². The summed E-state index contributed by atoms with van der Waals surface area (Å²) in [6.07, 6.45) is -4.90. The molecule has 0 aliphatic rings. The lowest BCUT2D eigenvalue weighted by Gasteiger charge is -2.17. The summed E-state index contributed by atoms with van der Waals surface area (Å²) >= 11 is 0. The minimum atomic E-state index is -4.79. The molecule has 0 amide bonds. The predicted molar refractivity (Wildman–Crippen MR) is 67.9 cm³/mol. The molecule has 0 unspecified atom stereocenters. The van der Waals surface area contributed by atoms with Gasteiger partial charge in [-0.2, -0.15) is 0 Å². The molecule has 1 aromatic carbocycles. The average molecular weight is 307 g/mol. The summed E-state index contributed by atoms with van der Waals surface area (Å²) in [7, 11) is 1.29. The number of methoxy groups -OCH3 is 1. The van der Waals surface area contributed by atoms with Crippen LogP contribution in [0, 0.1) is 0 Å². The lowest BCUT2D eigenvalue weighted by Crippen LogP contribution is -2.19.